The Kier molecular flexibility index (Phi) is 11.3. The van der Waals surface area contributed by atoms with Gasteiger partial charge in [0.1, 0.15) is 0 Å². The van der Waals surface area contributed by atoms with Gasteiger partial charge in [0.25, 0.3) is 0 Å². The molecule has 1 rings (SSSR count). The Labute approximate surface area is 94.5 Å². The van der Waals surface area contributed by atoms with Crippen LogP contribution in [0.4, 0.5) is 0 Å². The molecule has 0 aromatic heterocycles. The van der Waals surface area contributed by atoms with Gasteiger partial charge < -0.3 is 15.1 Å². The summed E-state index contributed by atoms with van der Waals surface area (Å²) in [5, 5.41) is 21.5. The molecule has 0 saturated heterocycles. The molecule has 0 amide bonds. The molecule has 0 bridgehead atoms. The average Bonchev–Trinajstić information content (AvgIpc) is 1.87. The van der Waals surface area contributed by atoms with Crippen molar-refractivity contribution in [3.63, 3.8) is 0 Å². The molecule has 0 aliphatic heterocycles. The fourth-order valence-corrected chi connectivity index (χ4v) is 0.483. The summed E-state index contributed by atoms with van der Waals surface area (Å²) in [6.45, 7) is 2.03. The van der Waals surface area contributed by atoms with Crippen LogP contribution in [0, 0.1) is 13.0 Å². The van der Waals surface area contributed by atoms with Gasteiger partial charge in [-0.25, -0.2) is 0 Å². The summed E-state index contributed by atoms with van der Waals surface area (Å²) in [4.78, 5) is 0. The van der Waals surface area contributed by atoms with E-state index >= 15 is 0 Å². The predicted octanol–water partition coefficient (Wildman–Crippen LogP) is -3.25. The molecule has 0 fully saturated rings. The molecular weight excluding hydrogens is 166 g/mol. The number of hydrogen-bond acceptors (Lipinski definition) is 3. The first kappa shape index (κ1) is 14.7. The van der Waals surface area contributed by atoms with Crippen LogP contribution in [0.2, 0.25) is 0 Å². The van der Waals surface area contributed by atoms with E-state index in [0.29, 0.717) is 0 Å². The summed E-state index contributed by atoms with van der Waals surface area (Å²) < 4.78 is 0. The Morgan fingerprint density at radius 1 is 1.25 bits per heavy atom. The van der Waals surface area contributed by atoms with E-state index in [1.165, 1.54) is 5.56 Å². The van der Waals surface area contributed by atoms with Crippen molar-refractivity contribution in [1.82, 2.24) is 0 Å². The minimum atomic E-state index is -2.17. The topological polar surface area (TPSA) is 60.7 Å². The van der Waals surface area contributed by atoms with Crippen molar-refractivity contribution in [2.45, 2.75) is 6.92 Å². The van der Waals surface area contributed by atoms with Crippen molar-refractivity contribution in [3.8, 4) is 0 Å². The van der Waals surface area contributed by atoms with E-state index in [1.807, 2.05) is 31.2 Å². The third kappa shape index (κ3) is 12.8. The molecule has 0 radical (unpaired) electrons. The van der Waals surface area contributed by atoms with Crippen LogP contribution in [-0.4, -0.2) is 22.4 Å². The van der Waals surface area contributed by atoms with Gasteiger partial charge in [0.05, 0.1) is 0 Å². The maximum Gasteiger partial charge on any atom is 1.00 e. The molecule has 1 aromatic rings. The second-order valence-corrected chi connectivity index (χ2v) is 1.89. The summed E-state index contributed by atoms with van der Waals surface area (Å²) in [5.41, 5.74) is 1.20. The molecule has 12 heavy (non-hydrogen) atoms. The van der Waals surface area contributed by atoms with E-state index < -0.39 is 7.32 Å². The molecule has 0 unspecified atom stereocenters. The smallest absolute Gasteiger partial charge is 0.402 e. The van der Waals surface area contributed by atoms with Crippen molar-refractivity contribution in [1.29, 1.82) is 0 Å². The molecule has 0 saturated carbocycles. The van der Waals surface area contributed by atoms with Gasteiger partial charge >= 0.3 is 36.9 Å². The van der Waals surface area contributed by atoms with Crippen LogP contribution in [-0.2, 0) is 0 Å². The number of benzene rings is 1. The van der Waals surface area contributed by atoms with Crippen LogP contribution in [0.15, 0.2) is 24.3 Å². The molecule has 0 atom stereocenters. The molecule has 0 heterocycles. The van der Waals surface area contributed by atoms with E-state index in [4.69, 9.17) is 15.1 Å². The van der Waals surface area contributed by atoms with Crippen molar-refractivity contribution in [2.24, 2.45) is 0 Å². The van der Waals surface area contributed by atoms with Crippen LogP contribution < -0.4 is 29.6 Å². The van der Waals surface area contributed by atoms with Gasteiger partial charge in [-0.1, -0.05) is 6.92 Å². The third-order valence-electron chi connectivity index (χ3n) is 0.865. The maximum atomic E-state index is 7.17. The largest absolute Gasteiger partial charge is 1.00 e. The van der Waals surface area contributed by atoms with E-state index in [1.54, 1.807) is 0 Å². The van der Waals surface area contributed by atoms with Crippen molar-refractivity contribution < 1.29 is 44.6 Å². The first-order valence-electron chi connectivity index (χ1n) is 3.10. The Bertz CT molecular complexity index is 179. The number of rotatable bonds is 0. The Balaban J connectivity index is 0. The van der Waals surface area contributed by atoms with Crippen LogP contribution in [0.3, 0.4) is 0 Å². The normalized spacial score (nSPS) is 7.33. The number of aryl methyl sites for hydroxylation is 1. The fraction of sp³-hybridized carbons (Fsp3) is 0.143. The van der Waals surface area contributed by atoms with E-state index in [2.05, 4.69) is 6.07 Å². The molecule has 0 aliphatic rings. The van der Waals surface area contributed by atoms with E-state index in [-0.39, 0.29) is 29.6 Å². The SMILES string of the molecule is Cc1[c-]cccc1.OB(O)O.[Na+]. The Hall–Kier alpha value is 0.165. The second kappa shape index (κ2) is 9.25. The molecule has 5 heteroatoms. The summed E-state index contributed by atoms with van der Waals surface area (Å²) in [5.74, 6) is 0. The van der Waals surface area contributed by atoms with Gasteiger partial charge in [-0.15, -0.1) is 0 Å². The Morgan fingerprint density at radius 2 is 1.75 bits per heavy atom. The molecule has 3 nitrogen and oxygen atoms in total. The van der Waals surface area contributed by atoms with Crippen LogP contribution in [0.5, 0.6) is 0 Å². The minimum absolute atomic E-state index is 0. The summed E-state index contributed by atoms with van der Waals surface area (Å²) in [7, 11) is -2.17. The zero-order chi connectivity index (χ0) is 8.69. The fourth-order valence-electron chi connectivity index (χ4n) is 0.483. The van der Waals surface area contributed by atoms with Gasteiger partial charge in [-0.2, -0.15) is 35.9 Å². The second-order valence-electron chi connectivity index (χ2n) is 1.89. The van der Waals surface area contributed by atoms with Gasteiger partial charge in [-0.05, 0) is 0 Å². The monoisotopic (exact) mass is 176 g/mol. The van der Waals surface area contributed by atoms with E-state index in [9.17, 15) is 0 Å². The van der Waals surface area contributed by atoms with Gasteiger partial charge in [-0.3, -0.25) is 0 Å². The molecule has 1 aromatic carbocycles. The maximum absolute atomic E-state index is 7.17. The third-order valence-corrected chi connectivity index (χ3v) is 0.865. The van der Waals surface area contributed by atoms with Crippen molar-refractivity contribution in [3.05, 3.63) is 35.9 Å². The minimum Gasteiger partial charge on any atom is -0.402 e. The van der Waals surface area contributed by atoms with Crippen LogP contribution in [0.1, 0.15) is 5.56 Å². The molecule has 60 valence electrons. The molecule has 0 aliphatic carbocycles. The number of hydrogen-bond donors (Lipinski definition) is 3. The zero-order valence-corrected chi connectivity index (χ0v) is 9.23. The van der Waals surface area contributed by atoms with Gasteiger partial charge in [0.2, 0.25) is 0 Å². The predicted molar refractivity (Wildman–Crippen MR) is 42.4 cm³/mol. The molecular formula is C7H10BNaO3. The van der Waals surface area contributed by atoms with E-state index in [0.717, 1.165) is 0 Å². The molecule has 3 N–H and O–H groups in total. The van der Waals surface area contributed by atoms with Gasteiger partial charge in [0.15, 0.2) is 0 Å². The van der Waals surface area contributed by atoms with Crippen LogP contribution >= 0.6 is 0 Å². The Morgan fingerprint density at radius 3 is 1.92 bits per heavy atom. The van der Waals surface area contributed by atoms with Crippen molar-refractivity contribution >= 4 is 7.32 Å². The summed E-state index contributed by atoms with van der Waals surface area (Å²) in [6.07, 6.45) is 0. The van der Waals surface area contributed by atoms with Gasteiger partial charge in [0, 0.05) is 0 Å². The first-order valence-corrected chi connectivity index (χ1v) is 3.10. The van der Waals surface area contributed by atoms with Crippen LogP contribution in [0.25, 0.3) is 0 Å². The molecule has 0 spiro atoms. The zero-order valence-electron chi connectivity index (χ0n) is 7.23. The standard InChI is InChI=1S/C7H7.BH3O3.Na/c1-7-5-3-2-4-6-7;2-1(3)4;/h2-5H,1H3;2-4H;/q-1;;+1. The first-order chi connectivity index (χ1) is 5.13. The van der Waals surface area contributed by atoms with Crippen molar-refractivity contribution in [2.75, 3.05) is 0 Å². The summed E-state index contributed by atoms with van der Waals surface area (Å²) in [6, 6.07) is 10.9. The average molecular weight is 176 g/mol. The quantitative estimate of drug-likeness (QED) is 0.287. The summed E-state index contributed by atoms with van der Waals surface area (Å²) >= 11 is 0.